The quantitative estimate of drug-likeness (QED) is 0.632. The van der Waals surface area contributed by atoms with Gasteiger partial charge < -0.3 is 4.84 Å². The Labute approximate surface area is 162 Å². The van der Waals surface area contributed by atoms with E-state index in [2.05, 4.69) is 5.16 Å². The number of benzene rings is 2. The van der Waals surface area contributed by atoms with Crippen molar-refractivity contribution in [3.8, 4) is 0 Å². The zero-order chi connectivity index (χ0) is 19.4. The first-order valence-electron chi connectivity index (χ1n) is 8.14. The number of hydrogen-bond donors (Lipinski definition) is 0. The van der Waals surface area contributed by atoms with E-state index in [1.807, 2.05) is 0 Å². The summed E-state index contributed by atoms with van der Waals surface area (Å²) in [4.78, 5) is 16.9. The van der Waals surface area contributed by atoms with Gasteiger partial charge in [0, 0.05) is 39.6 Å². The van der Waals surface area contributed by atoms with Crippen molar-refractivity contribution in [1.82, 2.24) is 0 Å². The summed E-state index contributed by atoms with van der Waals surface area (Å²) in [5, 5.41) is 3.85. The fourth-order valence-electron chi connectivity index (χ4n) is 3.46. The maximum Gasteiger partial charge on any atom is 0.435 e. The van der Waals surface area contributed by atoms with Gasteiger partial charge in [-0.15, -0.1) is 0 Å². The Morgan fingerprint density at radius 2 is 1.74 bits per heavy atom. The van der Waals surface area contributed by atoms with Crippen LogP contribution in [0.2, 0.25) is 10.0 Å². The summed E-state index contributed by atoms with van der Waals surface area (Å²) >= 11 is 11.8. The van der Waals surface area contributed by atoms with Gasteiger partial charge in [0.15, 0.2) is 5.78 Å². The summed E-state index contributed by atoms with van der Waals surface area (Å²) in [6.07, 6.45) is -4.24. The molecule has 0 aromatic heterocycles. The first kappa shape index (κ1) is 18.3. The van der Waals surface area contributed by atoms with Crippen molar-refractivity contribution >= 4 is 34.7 Å². The lowest BCUT2D eigenvalue weighted by atomic mass is 9.86. The van der Waals surface area contributed by atoms with E-state index in [4.69, 9.17) is 28.0 Å². The monoisotopic (exact) mass is 413 g/mol. The van der Waals surface area contributed by atoms with E-state index in [0.29, 0.717) is 24.0 Å². The summed E-state index contributed by atoms with van der Waals surface area (Å²) in [7, 11) is 0. The largest absolute Gasteiger partial charge is 0.435 e. The molecule has 0 fully saturated rings. The maximum atomic E-state index is 14.0. The highest BCUT2D eigenvalue weighted by Crippen LogP contribution is 2.49. The molecule has 3 nitrogen and oxygen atoms in total. The third-order valence-corrected chi connectivity index (χ3v) is 5.32. The summed E-state index contributed by atoms with van der Waals surface area (Å²) < 4.78 is 42.0. The molecule has 0 N–H and O–H groups in total. The molecule has 0 amide bonds. The molecule has 1 aliphatic heterocycles. The topological polar surface area (TPSA) is 38.7 Å². The van der Waals surface area contributed by atoms with Crippen LogP contribution < -0.4 is 0 Å². The molecule has 0 spiro atoms. The van der Waals surface area contributed by atoms with Crippen LogP contribution in [0.25, 0.3) is 0 Å². The highest BCUT2D eigenvalue weighted by molar-refractivity contribution is 6.34. The second-order valence-electron chi connectivity index (χ2n) is 6.58. The van der Waals surface area contributed by atoms with Crippen LogP contribution in [0.15, 0.2) is 41.6 Å². The van der Waals surface area contributed by atoms with Crippen LogP contribution in [-0.2, 0) is 16.9 Å². The normalized spacial score (nSPS) is 21.8. The standard InChI is InChI=1S/C19H12Cl2F3NO2/c20-13-6-12(7-14(21)8-13)18(19(22,23)24)9-16(25-27-18)11-2-1-10-3-4-17(26)15(10)5-11/h1-2,5-8H,3-4,9H2. The molecule has 1 heterocycles. The summed E-state index contributed by atoms with van der Waals surface area (Å²) in [6, 6.07) is 8.69. The zero-order valence-electron chi connectivity index (χ0n) is 13.7. The van der Waals surface area contributed by atoms with Gasteiger partial charge in [-0.05, 0) is 36.2 Å². The average Bonchev–Trinajstić information content (AvgIpc) is 3.19. The van der Waals surface area contributed by atoms with Crippen molar-refractivity contribution in [3.05, 3.63) is 68.7 Å². The number of alkyl halides is 3. The summed E-state index contributed by atoms with van der Waals surface area (Å²) in [6.45, 7) is 0. The van der Waals surface area contributed by atoms with Crippen molar-refractivity contribution in [2.75, 3.05) is 0 Å². The summed E-state index contributed by atoms with van der Waals surface area (Å²) in [5.41, 5.74) is -0.921. The zero-order valence-corrected chi connectivity index (χ0v) is 15.3. The van der Waals surface area contributed by atoms with Crippen LogP contribution >= 0.6 is 23.2 Å². The Bertz CT molecular complexity index is 967. The second kappa shape index (κ2) is 6.24. The van der Waals surface area contributed by atoms with E-state index in [0.717, 1.165) is 5.56 Å². The van der Waals surface area contributed by atoms with Crippen LogP contribution in [0, 0.1) is 0 Å². The van der Waals surface area contributed by atoms with Crippen molar-refractivity contribution in [2.45, 2.75) is 31.0 Å². The van der Waals surface area contributed by atoms with Crippen LogP contribution in [0.3, 0.4) is 0 Å². The highest BCUT2D eigenvalue weighted by atomic mass is 35.5. The fraction of sp³-hybridized carbons (Fsp3) is 0.263. The van der Waals surface area contributed by atoms with Gasteiger partial charge in [-0.25, -0.2) is 0 Å². The molecule has 2 aromatic rings. The van der Waals surface area contributed by atoms with Crippen LogP contribution in [0.1, 0.15) is 39.9 Å². The molecule has 1 aliphatic carbocycles. The lowest BCUT2D eigenvalue weighted by Gasteiger charge is -2.29. The fourth-order valence-corrected chi connectivity index (χ4v) is 3.99. The van der Waals surface area contributed by atoms with Crippen LogP contribution in [0.5, 0.6) is 0 Å². The molecule has 0 radical (unpaired) electrons. The van der Waals surface area contributed by atoms with Crippen molar-refractivity contribution in [3.63, 3.8) is 0 Å². The minimum absolute atomic E-state index is 0.0185. The van der Waals surface area contributed by atoms with E-state index >= 15 is 0 Å². The Kier molecular flexibility index (Phi) is 4.24. The number of nitrogens with zero attached hydrogens (tertiary/aromatic N) is 1. The number of aryl methyl sites for hydroxylation is 1. The molecule has 8 heteroatoms. The lowest BCUT2D eigenvalue weighted by Crippen LogP contribution is -2.42. The Morgan fingerprint density at radius 1 is 1.04 bits per heavy atom. The van der Waals surface area contributed by atoms with Crippen molar-refractivity contribution in [1.29, 1.82) is 0 Å². The first-order valence-corrected chi connectivity index (χ1v) is 8.90. The van der Waals surface area contributed by atoms with Gasteiger partial charge in [0.1, 0.15) is 0 Å². The van der Waals surface area contributed by atoms with E-state index in [9.17, 15) is 18.0 Å². The number of halogens is 5. The maximum absolute atomic E-state index is 14.0. The highest BCUT2D eigenvalue weighted by Gasteiger charge is 2.62. The SMILES string of the molecule is O=C1CCc2ccc(C3=NOC(c4cc(Cl)cc(Cl)c4)(C(F)(F)F)C3)cc21. The number of oxime groups is 1. The Morgan fingerprint density at radius 3 is 2.41 bits per heavy atom. The van der Waals surface area contributed by atoms with Gasteiger partial charge in [0.05, 0.1) is 5.71 Å². The van der Waals surface area contributed by atoms with Gasteiger partial charge in [0.2, 0.25) is 0 Å². The first-order chi connectivity index (χ1) is 12.7. The molecule has 1 atom stereocenters. The van der Waals surface area contributed by atoms with Crippen LogP contribution in [-0.4, -0.2) is 17.7 Å². The van der Waals surface area contributed by atoms with Gasteiger partial charge in [-0.2, -0.15) is 13.2 Å². The molecule has 0 saturated heterocycles. The molecule has 0 bridgehead atoms. The molecular weight excluding hydrogens is 402 g/mol. The third kappa shape index (κ3) is 3.01. The lowest BCUT2D eigenvalue weighted by molar-refractivity contribution is -0.275. The third-order valence-electron chi connectivity index (χ3n) is 4.88. The number of carbonyl (C=O) groups excluding carboxylic acids is 1. The van der Waals surface area contributed by atoms with Gasteiger partial charge in [-0.1, -0.05) is 40.5 Å². The molecule has 2 aliphatic rings. The molecule has 27 heavy (non-hydrogen) atoms. The average molecular weight is 414 g/mol. The predicted molar refractivity (Wildman–Crippen MR) is 95.5 cm³/mol. The number of fused-ring (bicyclic) bond motifs is 1. The number of carbonyl (C=O) groups is 1. The van der Waals surface area contributed by atoms with E-state index in [1.165, 1.54) is 18.2 Å². The van der Waals surface area contributed by atoms with Crippen molar-refractivity contribution < 1.29 is 22.8 Å². The minimum Gasteiger partial charge on any atom is -0.374 e. The van der Waals surface area contributed by atoms with Gasteiger partial charge in [-0.3, -0.25) is 4.79 Å². The number of ketones is 1. The number of rotatable bonds is 2. The second-order valence-corrected chi connectivity index (χ2v) is 7.46. The van der Waals surface area contributed by atoms with E-state index in [-0.39, 0.29) is 27.1 Å². The smallest absolute Gasteiger partial charge is 0.374 e. The van der Waals surface area contributed by atoms with Crippen molar-refractivity contribution in [2.24, 2.45) is 5.16 Å². The predicted octanol–water partition coefficient (Wildman–Crippen LogP) is 5.70. The molecular formula is C19H12Cl2F3NO2. The molecule has 1 unspecified atom stereocenters. The molecule has 140 valence electrons. The Balaban J connectivity index is 1.74. The molecule has 0 saturated carbocycles. The minimum atomic E-state index is -4.75. The Hall–Kier alpha value is -2.05. The number of hydrogen-bond acceptors (Lipinski definition) is 3. The molecule has 2 aromatic carbocycles. The van der Waals surface area contributed by atoms with E-state index in [1.54, 1.807) is 18.2 Å². The van der Waals surface area contributed by atoms with Crippen LogP contribution in [0.4, 0.5) is 13.2 Å². The number of Topliss-reactive ketones (excluding diaryl/α,β-unsaturated/α-hetero) is 1. The molecule has 4 rings (SSSR count). The van der Waals surface area contributed by atoms with Gasteiger partial charge in [0.25, 0.3) is 5.60 Å². The van der Waals surface area contributed by atoms with Gasteiger partial charge >= 0.3 is 6.18 Å². The van der Waals surface area contributed by atoms with E-state index < -0.39 is 18.2 Å². The summed E-state index contributed by atoms with van der Waals surface area (Å²) in [5.74, 6) is -0.0185.